The monoisotopic (exact) mass is 600 g/mol. The summed E-state index contributed by atoms with van der Waals surface area (Å²) in [5.74, 6) is 0.831. The third-order valence-corrected chi connectivity index (χ3v) is 11.1. The number of methoxy groups -OCH3 is 1. The van der Waals surface area contributed by atoms with Crippen molar-refractivity contribution < 1.29 is 18.5 Å². The Morgan fingerprint density at radius 3 is 2.35 bits per heavy atom. The summed E-state index contributed by atoms with van der Waals surface area (Å²) in [6.45, 7) is 13.1. The lowest BCUT2D eigenvalue weighted by Gasteiger charge is -2.44. The van der Waals surface area contributed by atoms with Crippen LogP contribution in [0.25, 0.3) is 11.1 Å². The van der Waals surface area contributed by atoms with Crippen LogP contribution in [0.3, 0.4) is 0 Å². The Balaban J connectivity index is 1.42. The lowest BCUT2D eigenvalue weighted by Crippen LogP contribution is -2.47. The fourth-order valence-corrected chi connectivity index (χ4v) is 8.29. The summed E-state index contributed by atoms with van der Waals surface area (Å²) in [7, 11) is 0.480. The number of hydrogen-bond donors (Lipinski definition) is 1. The molecule has 0 radical (unpaired) electrons. The van der Waals surface area contributed by atoms with Gasteiger partial charge in [0.2, 0.25) is 0 Å². The summed E-state index contributed by atoms with van der Waals surface area (Å²) in [6.07, 6.45) is 3.16. The van der Waals surface area contributed by atoms with E-state index in [1.807, 2.05) is 52.5 Å². The van der Waals surface area contributed by atoms with Gasteiger partial charge in [-0.2, -0.15) is 0 Å². The zero-order chi connectivity index (χ0) is 30.7. The van der Waals surface area contributed by atoms with E-state index in [9.17, 15) is 9.00 Å². The number of ether oxygens (including phenoxy) is 2. The molecule has 1 spiro atoms. The van der Waals surface area contributed by atoms with Crippen LogP contribution in [-0.4, -0.2) is 45.7 Å². The first-order chi connectivity index (χ1) is 20.3. The number of amides is 1. The molecule has 2 aliphatic carbocycles. The van der Waals surface area contributed by atoms with Gasteiger partial charge in [-0.25, -0.2) is 4.79 Å². The van der Waals surface area contributed by atoms with Crippen LogP contribution in [0, 0.1) is 5.41 Å². The lowest BCUT2D eigenvalue weighted by molar-refractivity contribution is 0.00882. The number of likely N-dealkylation sites (tertiary alicyclic amines) is 1. The molecule has 7 heteroatoms. The van der Waals surface area contributed by atoms with Crippen molar-refractivity contribution in [3.63, 3.8) is 0 Å². The second kappa shape index (κ2) is 10.7. The molecule has 1 fully saturated rings. The van der Waals surface area contributed by atoms with Crippen molar-refractivity contribution in [2.45, 2.75) is 88.5 Å². The highest BCUT2D eigenvalue weighted by molar-refractivity contribution is 7.86. The smallest absolute Gasteiger partial charge is 0.410 e. The van der Waals surface area contributed by atoms with Crippen molar-refractivity contribution in [1.82, 2.24) is 4.90 Å². The van der Waals surface area contributed by atoms with Crippen LogP contribution in [0.1, 0.15) is 82.7 Å². The number of anilines is 1. The molecule has 6 nitrogen and oxygen atoms in total. The van der Waals surface area contributed by atoms with E-state index >= 15 is 0 Å². The van der Waals surface area contributed by atoms with Crippen LogP contribution < -0.4 is 10.1 Å². The van der Waals surface area contributed by atoms with E-state index in [1.54, 1.807) is 7.11 Å². The van der Waals surface area contributed by atoms with Crippen LogP contribution in [0.4, 0.5) is 10.5 Å². The second-order valence-electron chi connectivity index (χ2n) is 14.3. The minimum Gasteiger partial charge on any atom is -0.497 e. The topological polar surface area (TPSA) is 67.9 Å². The number of benzene rings is 3. The Hall–Kier alpha value is -3.32. The quantitative estimate of drug-likeness (QED) is 0.258. The number of rotatable bonds is 4. The SMILES string of the molecule is COc1ccc2c(c1)[C@@H](Nc1c([S@](=O)C(C)(C)C)ccc3c1Cc1ccccc1-3)C1(CCN(C(=O)OC(C)(C)C)CC1)C2. The average Bonchev–Trinajstić information content (AvgIpc) is 3.47. The van der Waals surface area contributed by atoms with E-state index in [0.29, 0.717) is 13.1 Å². The zero-order valence-corrected chi connectivity index (χ0v) is 27.3. The Kier molecular flexibility index (Phi) is 7.39. The summed E-state index contributed by atoms with van der Waals surface area (Å²) in [5, 5.41) is 4.06. The van der Waals surface area contributed by atoms with Gasteiger partial charge >= 0.3 is 6.09 Å². The van der Waals surface area contributed by atoms with E-state index in [1.165, 1.54) is 33.4 Å². The number of carbonyl (C=O) groups excluding carboxylic acids is 1. The van der Waals surface area contributed by atoms with Gasteiger partial charge in [0, 0.05) is 29.7 Å². The van der Waals surface area contributed by atoms with Gasteiger partial charge in [0.15, 0.2) is 0 Å². The highest BCUT2D eigenvalue weighted by Gasteiger charge is 2.49. The highest BCUT2D eigenvalue weighted by Crippen LogP contribution is 2.55. The first-order valence-corrected chi connectivity index (χ1v) is 16.5. The summed E-state index contributed by atoms with van der Waals surface area (Å²) in [5.41, 5.74) is 7.87. The fraction of sp³-hybridized carbons (Fsp3) is 0.472. The summed E-state index contributed by atoms with van der Waals surface area (Å²) in [6, 6.07) is 19.2. The molecule has 6 rings (SSSR count). The van der Waals surface area contributed by atoms with Gasteiger partial charge in [0.1, 0.15) is 11.4 Å². The number of nitrogens with one attached hydrogen (secondary N) is 1. The van der Waals surface area contributed by atoms with Gasteiger partial charge in [-0.3, -0.25) is 4.21 Å². The molecule has 1 amide bonds. The molecule has 1 aliphatic heterocycles. The van der Waals surface area contributed by atoms with E-state index in [-0.39, 0.29) is 17.6 Å². The molecule has 3 aromatic rings. The maximum absolute atomic E-state index is 14.1. The maximum Gasteiger partial charge on any atom is 0.410 e. The molecule has 1 saturated heterocycles. The Morgan fingerprint density at radius 1 is 0.953 bits per heavy atom. The number of nitrogens with zero attached hydrogens (tertiary/aromatic N) is 1. The molecule has 3 aliphatic rings. The third-order valence-electron chi connectivity index (χ3n) is 9.22. The number of carbonyl (C=O) groups is 1. The molecule has 0 aromatic heterocycles. The highest BCUT2D eigenvalue weighted by atomic mass is 32.2. The average molecular weight is 601 g/mol. The van der Waals surface area contributed by atoms with Crippen molar-refractivity contribution in [1.29, 1.82) is 0 Å². The Labute approximate surface area is 258 Å². The molecule has 43 heavy (non-hydrogen) atoms. The number of piperidine rings is 1. The minimum atomic E-state index is -1.23. The summed E-state index contributed by atoms with van der Waals surface area (Å²) in [4.78, 5) is 15.7. The van der Waals surface area contributed by atoms with Gasteiger partial charge < -0.3 is 19.7 Å². The van der Waals surface area contributed by atoms with E-state index < -0.39 is 21.1 Å². The first-order valence-electron chi connectivity index (χ1n) is 15.4. The van der Waals surface area contributed by atoms with Crippen molar-refractivity contribution in [3.05, 3.63) is 76.9 Å². The molecule has 3 aromatic carbocycles. The first kappa shape index (κ1) is 29.7. The minimum absolute atomic E-state index is 0.0238. The standard InChI is InChI=1S/C36H44N2O4S/c1-34(2,3)42-33(39)38-18-16-36(17-19-38)22-24-12-13-25(41-7)21-28(24)32(36)37-31-29-20-23-10-8-9-11-26(23)27(29)14-15-30(31)43(40)35(4,5)6/h8-15,21,32,37H,16-20,22H2,1-7H3/t32-,43+/m1/s1. The van der Waals surface area contributed by atoms with Gasteiger partial charge in [-0.15, -0.1) is 0 Å². The van der Waals surface area contributed by atoms with Crippen LogP contribution in [0.15, 0.2) is 59.5 Å². The predicted octanol–water partition coefficient (Wildman–Crippen LogP) is 7.90. The molecule has 228 valence electrons. The normalized spacial score (nSPS) is 19.4. The molecule has 1 N–H and O–H groups in total. The van der Waals surface area contributed by atoms with Crippen LogP contribution >= 0.6 is 0 Å². The Bertz CT molecular complexity index is 1590. The van der Waals surface area contributed by atoms with E-state index in [4.69, 9.17) is 9.47 Å². The lowest BCUT2D eigenvalue weighted by atomic mass is 9.72. The molecule has 0 unspecified atom stereocenters. The van der Waals surface area contributed by atoms with E-state index in [2.05, 4.69) is 53.8 Å². The van der Waals surface area contributed by atoms with Crippen molar-refractivity contribution in [2.75, 3.05) is 25.5 Å². The number of hydrogen-bond acceptors (Lipinski definition) is 5. The Morgan fingerprint density at radius 2 is 1.67 bits per heavy atom. The van der Waals surface area contributed by atoms with Crippen molar-refractivity contribution in [2.24, 2.45) is 5.41 Å². The van der Waals surface area contributed by atoms with Gasteiger partial charge in [-0.05, 0) is 112 Å². The summed E-state index contributed by atoms with van der Waals surface area (Å²) < 4.78 is 25.1. The van der Waals surface area contributed by atoms with Gasteiger partial charge in [0.05, 0.1) is 34.5 Å². The largest absolute Gasteiger partial charge is 0.497 e. The zero-order valence-electron chi connectivity index (χ0n) is 26.5. The molecular formula is C36H44N2O4S. The maximum atomic E-state index is 14.1. The van der Waals surface area contributed by atoms with Crippen molar-refractivity contribution in [3.8, 4) is 16.9 Å². The van der Waals surface area contributed by atoms with Crippen LogP contribution in [0.5, 0.6) is 5.75 Å². The second-order valence-corrected chi connectivity index (χ2v) is 16.5. The fourth-order valence-electron chi connectivity index (χ4n) is 7.08. The van der Waals surface area contributed by atoms with Crippen LogP contribution in [-0.2, 0) is 28.4 Å². The predicted molar refractivity (Wildman–Crippen MR) is 173 cm³/mol. The molecule has 0 saturated carbocycles. The molecule has 1 heterocycles. The van der Waals surface area contributed by atoms with Gasteiger partial charge in [-0.1, -0.05) is 36.4 Å². The molecule has 2 atom stereocenters. The van der Waals surface area contributed by atoms with Gasteiger partial charge in [0.25, 0.3) is 0 Å². The van der Waals surface area contributed by atoms with Crippen LogP contribution in [0.2, 0.25) is 0 Å². The molecular weight excluding hydrogens is 556 g/mol. The third kappa shape index (κ3) is 5.45. The molecule has 0 bridgehead atoms. The van der Waals surface area contributed by atoms with E-state index in [0.717, 1.165) is 42.0 Å². The number of fused-ring (bicyclic) bond motifs is 4. The van der Waals surface area contributed by atoms with Crippen molar-refractivity contribution >= 4 is 22.6 Å². The summed E-state index contributed by atoms with van der Waals surface area (Å²) >= 11 is 0.